The van der Waals surface area contributed by atoms with E-state index >= 15 is 0 Å². The molecular weight excluding hydrogens is 190 g/mol. The van der Waals surface area contributed by atoms with Gasteiger partial charge in [-0.05, 0) is 25.3 Å². The van der Waals surface area contributed by atoms with E-state index in [1.165, 1.54) is 0 Å². The molecule has 0 aliphatic carbocycles. The molecule has 0 amide bonds. The van der Waals surface area contributed by atoms with Crippen LogP contribution < -0.4 is 4.90 Å². The SMILES string of the molecule is Cc1ccnc(N2CCC(C)C(O)C2)n1. The molecule has 1 aromatic rings. The fourth-order valence-corrected chi connectivity index (χ4v) is 1.82. The van der Waals surface area contributed by atoms with Crippen LogP contribution in [0, 0.1) is 12.8 Å². The standard InChI is InChI=1S/C11H17N3O/c1-8-4-6-14(7-10(8)15)11-12-5-3-9(2)13-11/h3,5,8,10,15H,4,6-7H2,1-2H3. The monoisotopic (exact) mass is 207 g/mol. The zero-order chi connectivity index (χ0) is 10.8. The van der Waals surface area contributed by atoms with Gasteiger partial charge in [0.05, 0.1) is 6.10 Å². The van der Waals surface area contributed by atoms with E-state index in [1.807, 2.05) is 13.0 Å². The van der Waals surface area contributed by atoms with Crippen molar-refractivity contribution < 1.29 is 5.11 Å². The first kappa shape index (κ1) is 10.4. The van der Waals surface area contributed by atoms with E-state index in [-0.39, 0.29) is 6.10 Å². The highest BCUT2D eigenvalue weighted by Crippen LogP contribution is 2.20. The third kappa shape index (κ3) is 2.26. The van der Waals surface area contributed by atoms with E-state index in [2.05, 4.69) is 21.8 Å². The number of nitrogens with zero attached hydrogens (tertiary/aromatic N) is 3. The van der Waals surface area contributed by atoms with Gasteiger partial charge in [-0.3, -0.25) is 0 Å². The molecule has 0 radical (unpaired) electrons. The molecule has 0 spiro atoms. The Balaban J connectivity index is 2.12. The van der Waals surface area contributed by atoms with Gasteiger partial charge in [0.25, 0.3) is 0 Å². The Bertz CT molecular complexity index is 342. The van der Waals surface area contributed by atoms with Crippen LogP contribution >= 0.6 is 0 Å². The number of hydrogen-bond donors (Lipinski definition) is 1. The Morgan fingerprint density at radius 2 is 2.33 bits per heavy atom. The lowest BCUT2D eigenvalue weighted by molar-refractivity contribution is 0.102. The Morgan fingerprint density at radius 1 is 1.53 bits per heavy atom. The van der Waals surface area contributed by atoms with Gasteiger partial charge in [0.1, 0.15) is 0 Å². The minimum absolute atomic E-state index is 0.261. The highest BCUT2D eigenvalue weighted by Gasteiger charge is 2.25. The normalized spacial score (nSPS) is 26.7. The number of aliphatic hydroxyl groups is 1. The first-order chi connectivity index (χ1) is 7.16. The predicted octanol–water partition coefficient (Wildman–Crippen LogP) is 0.992. The fraction of sp³-hybridized carbons (Fsp3) is 0.636. The van der Waals surface area contributed by atoms with Gasteiger partial charge in [0.2, 0.25) is 5.95 Å². The number of β-amino-alcohol motifs (C(OH)–C–C–N with tert-alkyl or cyclic N) is 1. The van der Waals surface area contributed by atoms with E-state index in [0.717, 1.165) is 24.6 Å². The second-order valence-corrected chi connectivity index (χ2v) is 4.28. The molecule has 1 saturated heterocycles. The molecule has 2 unspecified atom stereocenters. The van der Waals surface area contributed by atoms with E-state index in [4.69, 9.17) is 0 Å². The summed E-state index contributed by atoms with van der Waals surface area (Å²) in [4.78, 5) is 10.6. The van der Waals surface area contributed by atoms with Crippen molar-refractivity contribution in [2.24, 2.45) is 5.92 Å². The van der Waals surface area contributed by atoms with Crippen LogP contribution in [0.15, 0.2) is 12.3 Å². The summed E-state index contributed by atoms with van der Waals surface area (Å²) in [5, 5.41) is 9.78. The third-order valence-corrected chi connectivity index (χ3v) is 2.98. The molecule has 1 aromatic heterocycles. The molecule has 15 heavy (non-hydrogen) atoms. The average molecular weight is 207 g/mol. The maximum absolute atomic E-state index is 9.78. The average Bonchev–Trinajstić information content (AvgIpc) is 2.22. The van der Waals surface area contributed by atoms with Crippen molar-refractivity contribution in [1.82, 2.24) is 9.97 Å². The maximum atomic E-state index is 9.78. The number of aryl methyl sites for hydroxylation is 1. The molecule has 0 bridgehead atoms. The molecule has 2 rings (SSSR count). The molecule has 4 heteroatoms. The first-order valence-electron chi connectivity index (χ1n) is 5.39. The van der Waals surface area contributed by atoms with E-state index in [1.54, 1.807) is 6.20 Å². The Morgan fingerprint density at radius 3 is 3.00 bits per heavy atom. The zero-order valence-corrected chi connectivity index (χ0v) is 9.22. The molecule has 1 aliphatic heterocycles. The lowest BCUT2D eigenvalue weighted by atomic mass is 9.96. The Hall–Kier alpha value is -1.16. The summed E-state index contributed by atoms with van der Waals surface area (Å²) in [5.74, 6) is 1.12. The second kappa shape index (κ2) is 4.14. The summed E-state index contributed by atoms with van der Waals surface area (Å²) in [5.41, 5.74) is 0.966. The van der Waals surface area contributed by atoms with Gasteiger partial charge in [0, 0.05) is 25.0 Å². The highest BCUT2D eigenvalue weighted by atomic mass is 16.3. The summed E-state index contributed by atoms with van der Waals surface area (Å²) in [6, 6.07) is 1.88. The van der Waals surface area contributed by atoms with Gasteiger partial charge in [0.15, 0.2) is 0 Å². The summed E-state index contributed by atoms with van der Waals surface area (Å²) in [7, 11) is 0. The van der Waals surface area contributed by atoms with Crippen LogP contribution in [0.4, 0.5) is 5.95 Å². The van der Waals surface area contributed by atoms with Crippen molar-refractivity contribution in [2.75, 3.05) is 18.0 Å². The van der Waals surface area contributed by atoms with E-state index < -0.39 is 0 Å². The number of aromatic nitrogens is 2. The van der Waals surface area contributed by atoms with Gasteiger partial charge >= 0.3 is 0 Å². The number of rotatable bonds is 1. The largest absolute Gasteiger partial charge is 0.391 e. The van der Waals surface area contributed by atoms with E-state index in [0.29, 0.717) is 12.5 Å². The van der Waals surface area contributed by atoms with Crippen LogP contribution in [0.25, 0.3) is 0 Å². The lowest BCUT2D eigenvalue weighted by Crippen LogP contribution is -2.43. The smallest absolute Gasteiger partial charge is 0.225 e. The van der Waals surface area contributed by atoms with Crippen LogP contribution in [-0.2, 0) is 0 Å². The molecule has 0 saturated carbocycles. The van der Waals surface area contributed by atoms with Crippen molar-refractivity contribution in [3.63, 3.8) is 0 Å². The molecule has 2 atom stereocenters. The molecule has 2 heterocycles. The summed E-state index contributed by atoms with van der Waals surface area (Å²) in [6.07, 6.45) is 2.50. The molecule has 1 fully saturated rings. The van der Waals surface area contributed by atoms with Gasteiger partial charge in [-0.15, -0.1) is 0 Å². The molecule has 82 valence electrons. The maximum Gasteiger partial charge on any atom is 0.225 e. The lowest BCUT2D eigenvalue weighted by Gasteiger charge is -2.34. The summed E-state index contributed by atoms with van der Waals surface area (Å²) < 4.78 is 0. The molecule has 1 aliphatic rings. The van der Waals surface area contributed by atoms with Gasteiger partial charge in [-0.2, -0.15) is 0 Å². The van der Waals surface area contributed by atoms with Crippen molar-refractivity contribution in [3.05, 3.63) is 18.0 Å². The molecule has 0 aromatic carbocycles. The molecular formula is C11H17N3O. The number of aliphatic hydroxyl groups excluding tert-OH is 1. The van der Waals surface area contributed by atoms with Crippen molar-refractivity contribution in [1.29, 1.82) is 0 Å². The van der Waals surface area contributed by atoms with Crippen LogP contribution in [-0.4, -0.2) is 34.3 Å². The Labute approximate surface area is 90.0 Å². The van der Waals surface area contributed by atoms with Gasteiger partial charge in [-0.1, -0.05) is 6.92 Å². The highest BCUT2D eigenvalue weighted by molar-refractivity contribution is 5.31. The quantitative estimate of drug-likeness (QED) is 0.746. The topological polar surface area (TPSA) is 49.2 Å². The van der Waals surface area contributed by atoms with Crippen molar-refractivity contribution in [3.8, 4) is 0 Å². The van der Waals surface area contributed by atoms with Crippen molar-refractivity contribution in [2.45, 2.75) is 26.4 Å². The summed E-state index contributed by atoms with van der Waals surface area (Å²) in [6.45, 7) is 5.61. The molecule has 4 nitrogen and oxygen atoms in total. The Kier molecular flexibility index (Phi) is 2.86. The minimum Gasteiger partial charge on any atom is -0.391 e. The van der Waals surface area contributed by atoms with Gasteiger partial charge in [-0.25, -0.2) is 9.97 Å². The summed E-state index contributed by atoms with van der Waals surface area (Å²) >= 11 is 0. The zero-order valence-electron chi connectivity index (χ0n) is 9.22. The van der Waals surface area contributed by atoms with Crippen LogP contribution in [0.5, 0.6) is 0 Å². The number of piperidine rings is 1. The fourth-order valence-electron chi connectivity index (χ4n) is 1.82. The van der Waals surface area contributed by atoms with Crippen molar-refractivity contribution >= 4 is 5.95 Å². The molecule has 1 N–H and O–H groups in total. The second-order valence-electron chi connectivity index (χ2n) is 4.28. The number of anilines is 1. The van der Waals surface area contributed by atoms with E-state index in [9.17, 15) is 5.11 Å². The van der Waals surface area contributed by atoms with Crippen LogP contribution in [0.1, 0.15) is 19.0 Å². The minimum atomic E-state index is -0.261. The number of hydrogen-bond acceptors (Lipinski definition) is 4. The van der Waals surface area contributed by atoms with Crippen LogP contribution in [0.3, 0.4) is 0 Å². The van der Waals surface area contributed by atoms with Gasteiger partial charge < -0.3 is 10.0 Å². The van der Waals surface area contributed by atoms with Crippen LogP contribution in [0.2, 0.25) is 0 Å². The third-order valence-electron chi connectivity index (χ3n) is 2.98. The predicted molar refractivity (Wildman–Crippen MR) is 58.8 cm³/mol. The first-order valence-corrected chi connectivity index (χ1v) is 5.39.